The van der Waals surface area contributed by atoms with Crippen molar-refractivity contribution >= 4 is 120 Å². The highest BCUT2D eigenvalue weighted by molar-refractivity contribution is 9.11. The number of H-pyrrole nitrogens is 1. The Hall–Kier alpha value is -11.2. The van der Waals surface area contributed by atoms with E-state index in [2.05, 4.69) is 229 Å². The molecule has 118 heavy (non-hydrogen) atoms. The molecule has 8 rings (SSSR count). The second-order valence-corrected chi connectivity index (χ2v) is 35.4. The molecule has 3 amide bonds. The number of benzene rings is 4. The number of allylic oxidation sites excluding steroid dienone is 1. The molecule has 0 unspecified atom stereocenters. The van der Waals surface area contributed by atoms with Gasteiger partial charge in [0, 0.05) is 140 Å². The summed E-state index contributed by atoms with van der Waals surface area (Å²) in [6.45, 7) is 42.8. The minimum absolute atomic E-state index is 0.0478. The van der Waals surface area contributed by atoms with Crippen molar-refractivity contribution < 1.29 is 14.4 Å². The van der Waals surface area contributed by atoms with Gasteiger partial charge < -0.3 is 67.0 Å². The molecular formula is C87H124Br2N26O3. The molecule has 0 bridgehead atoms. The van der Waals surface area contributed by atoms with E-state index in [1.807, 2.05) is 154 Å². The van der Waals surface area contributed by atoms with Crippen LogP contribution in [0.1, 0.15) is 174 Å². The van der Waals surface area contributed by atoms with Gasteiger partial charge in [0.05, 0.1) is 18.5 Å². The van der Waals surface area contributed by atoms with E-state index in [-0.39, 0.29) is 39.4 Å². The first-order valence-corrected chi connectivity index (χ1v) is 40.8. The van der Waals surface area contributed by atoms with Gasteiger partial charge in [-0.15, -0.1) is 0 Å². The Balaban J connectivity index is 0.000000281. The third-order valence-electron chi connectivity index (χ3n) is 17.4. The van der Waals surface area contributed by atoms with Crippen molar-refractivity contribution in [1.29, 1.82) is 10.5 Å². The van der Waals surface area contributed by atoms with Gasteiger partial charge in [-0.25, -0.2) is 39.9 Å². The monoisotopic (exact) mass is 1740 g/mol. The molecule has 4 heterocycles. The van der Waals surface area contributed by atoms with Crippen LogP contribution in [0.3, 0.4) is 0 Å². The highest BCUT2D eigenvalue weighted by Gasteiger charge is 2.26. The first-order chi connectivity index (χ1) is 55.3. The van der Waals surface area contributed by atoms with E-state index in [1.165, 1.54) is 18.7 Å². The van der Waals surface area contributed by atoms with Crippen LogP contribution in [-0.4, -0.2) is 188 Å². The average Bonchev–Trinajstić information content (AvgIpc) is 0.954. The molecule has 0 radical (unpaired) electrons. The number of nitriles is 2. The SMILES string of the molecule is CCc1nc(Nc2cc(C(=O)NC)ccc2C)c(Br)c(N(C)CC(C)(C)C)n1.CCc1nc(Nc2cc(C(=O)NC)ccc2C)c(Br)c(N(C)CC(C)(C)C)n1.CNC(=O)c1ccc(C)c(NC=NC(=NCCCN(C)C)N/C(=C/C#N)N(C)CC(C)(C)C)c1.Cc1ccc(-c2ncn[nH]2)cc1Nc1ncnc(N(C)CC(C)(C)C)c1C#N. The van der Waals surface area contributed by atoms with E-state index in [9.17, 15) is 24.9 Å². The Bertz CT molecular complexity index is 4720. The normalized spacial score (nSPS) is 11.6. The number of hydrogen-bond donors (Lipinski definition) is 9. The average molecular weight is 1740 g/mol. The van der Waals surface area contributed by atoms with E-state index in [0.717, 1.165) is 135 Å². The first-order valence-electron chi connectivity index (χ1n) is 39.2. The number of carbonyl (C=O) groups excluding carboxylic acids is 3. The number of hydrogen-bond acceptors (Lipinski definition) is 22. The van der Waals surface area contributed by atoms with Gasteiger partial charge in [0.15, 0.2) is 29.1 Å². The summed E-state index contributed by atoms with van der Waals surface area (Å²) >= 11 is 7.38. The van der Waals surface area contributed by atoms with Crippen molar-refractivity contribution in [3.63, 3.8) is 0 Å². The van der Waals surface area contributed by atoms with Crippen LogP contribution in [0.2, 0.25) is 0 Å². The van der Waals surface area contributed by atoms with Crippen molar-refractivity contribution in [3.8, 4) is 23.5 Å². The number of carbonyl (C=O) groups is 3. The fourth-order valence-corrected chi connectivity index (χ4v) is 13.2. The van der Waals surface area contributed by atoms with Crippen LogP contribution in [0.5, 0.6) is 0 Å². The van der Waals surface area contributed by atoms with Gasteiger partial charge in [-0.2, -0.15) is 15.6 Å². The Morgan fingerprint density at radius 3 is 1.36 bits per heavy atom. The van der Waals surface area contributed by atoms with Crippen LogP contribution in [0, 0.1) is 72.0 Å². The van der Waals surface area contributed by atoms with Crippen LogP contribution in [0.15, 0.2) is 116 Å². The number of aryl methyl sites for hydroxylation is 6. The molecule has 31 heteroatoms. The van der Waals surface area contributed by atoms with Crippen LogP contribution in [0.25, 0.3) is 11.4 Å². The number of anilines is 10. The lowest BCUT2D eigenvalue weighted by Crippen LogP contribution is -2.37. The van der Waals surface area contributed by atoms with Crippen molar-refractivity contribution in [2.24, 2.45) is 31.6 Å². The third kappa shape index (κ3) is 31.4. The minimum Gasteiger partial charge on any atom is -0.360 e. The number of aromatic nitrogens is 9. The van der Waals surface area contributed by atoms with E-state index in [0.29, 0.717) is 69.7 Å². The minimum atomic E-state index is -0.155. The maximum absolute atomic E-state index is 12.0. The molecule has 9 N–H and O–H groups in total. The van der Waals surface area contributed by atoms with Gasteiger partial charge >= 0.3 is 0 Å². The number of nitrogens with zero attached hydrogens (tertiary/aromatic N) is 17. The number of halogens is 2. The summed E-state index contributed by atoms with van der Waals surface area (Å²) in [5.41, 5.74) is 10.8. The summed E-state index contributed by atoms with van der Waals surface area (Å²) in [6.07, 6.45) is 8.29. The van der Waals surface area contributed by atoms with Crippen molar-refractivity contribution in [2.75, 3.05) is 139 Å². The molecule has 8 aromatic rings. The van der Waals surface area contributed by atoms with E-state index in [4.69, 9.17) is 9.97 Å². The quantitative estimate of drug-likeness (QED) is 0.00999. The number of rotatable bonds is 27. The summed E-state index contributed by atoms with van der Waals surface area (Å²) < 4.78 is 1.61. The summed E-state index contributed by atoms with van der Waals surface area (Å²) in [4.78, 5) is 87.0. The molecule has 0 aliphatic carbocycles. The number of aliphatic imine (C=N–C) groups is 2. The standard InChI is InChI=1S/C25H40N8O.2C21H30BrN5O.C20H24N8/c1-19-10-11-20(23(34)27-5)16-21(19)29-18-30-24(28-14-9-15-32(6)7)31-22(12-13-26)33(8)17-25(2,3)4;2*1-8-16-25-18(17(22)19(26-16)27(7)12-21(3,4)5)24-15-11-14(20(28)23-6)10-9-13(15)2;1-13-6-7-14(17-23-12-25-27-17)8-16(13)26-18-15(9-21)19(24-11-22-18)28(5)10-20(2,3)4/h10-12,16,18H,9,14-15,17H2,1-8H3,(H,27,34)(H2,28,29,30,31);2*9-11H,8,12H2,1-7H3,(H,23,28)(H,24,25,26);6-8,11-12H,10H2,1-5H3,(H,22,24,26)(H,23,25,27)/b22-12-;;;. The summed E-state index contributed by atoms with van der Waals surface area (Å²) in [5, 5.41) is 50.2. The Labute approximate surface area is 716 Å². The van der Waals surface area contributed by atoms with Crippen LogP contribution in [0.4, 0.5) is 57.7 Å². The number of aromatic amines is 1. The van der Waals surface area contributed by atoms with E-state index < -0.39 is 0 Å². The van der Waals surface area contributed by atoms with Crippen LogP contribution < -0.4 is 57.2 Å². The molecule has 0 aliphatic rings. The fraction of sp³-hybridized carbons (Fsp3) is 0.460. The van der Waals surface area contributed by atoms with Gasteiger partial charge in [-0.3, -0.25) is 24.5 Å². The zero-order valence-electron chi connectivity index (χ0n) is 74.2. The molecule has 0 saturated heterocycles. The van der Waals surface area contributed by atoms with E-state index >= 15 is 0 Å². The van der Waals surface area contributed by atoms with Gasteiger partial charge in [-0.1, -0.05) is 127 Å². The lowest BCUT2D eigenvalue weighted by atomic mass is 9.96. The molecule has 0 fully saturated rings. The Morgan fingerprint density at radius 2 is 0.958 bits per heavy atom. The largest absolute Gasteiger partial charge is 0.360 e. The fourth-order valence-electron chi connectivity index (χ4n) is 12.0. The van der Waals surface area contributed by atoms with Gasteiger partial charge in [-0.05, 0) is 173 Å². The second-order valence-electron chi connectivity index (χ2n) is 33.8. The second kappa shape index (κ2) is 45.0. The van der Waals surface area contributed by atoms with Crippen LogP contribution >= 0.6 is 31.9 Å². The molecule has 0 atom stereocenters. The Morgan fingerprint density at radius 1 is 0.534 bits per heavy atom. The number of guanidine groups is 1. The summed E-state index contributed by atoms with van der Waals surface area (Å²) in [5.74, 6) is 7.01. The van der Waals surface area contributed by atoms with Crippen molar-refractivity contribution in [3.05, 3.63) is 162 Å². The predicted octanol–water partition coefficient (Wildman–Crippen LogP) is 16.1. The summed E-state index contributed by atoms with van der Waals surface area (Å²) in [7, 11) is 16.9. The highest BCUT2D eigenvalue weighted by Crippen LogP contribution is 2.37. The molecule has 29 nitrogen and oxygen atoms in total. The first kappa shape index (κ1) is 97.4. The molecule has 4 aromatic heterocycles. The smallest absolute Gasteiger partial charge is 0.251 e. The predicted molar refractivity (Wildman–Crippen MR) is 490 cm³/mol. The van der Waals surface area contributed by atoms with Gasteiger partial charge in [0.2, 0.25) is 5.96 Å². The molecule has 4 aromatic carbocycles. The number of amides is 3. The third-order valence-corrected chi connectivity index (χ3v) is 18.9. The zero-order valence-corrected chi connectivity index (χ0v) is 77.4. The zero-order chi connectivity index (χ0) is 88.2. The van der Waals surface area contributed by atoms with Crippen molar-refractivity contribution in [2.45, 2.75) is 144 Å². The van der Waals surface area contributed by atoms with Gasteiger partial charge in [0.1, 0.15) is 62.3 Å². The lowest BCUT2D eigenvalue weighted by Gasteiger charge is -2.30. The van der Waals surface area contributed by atoms with E-state index in [1.54, 1.807) is 39.6 Å². The molecule has 634 valence electrons. The van der Waals surface area contributed by atoms with Crippen molar-refractivity contribution in [1.82, 2.24) is 76.2 Å². The Kier molecular flexibility index (Phi) is 37.1. The summed E-state index contributed by atoms with van der Waals surface area (Å²) in [6, 6.07) is 26.9. The molecule has 0 spiro atoms. The molecule has 0 aliphatic heterocycles. The molecular weight excluding hydrogens is 1620 g/mol. The maximum atomic E-state index is 12.0. The maximum Gasteiger partial charge on any atom is 0.251 e. The topological polar surface area (TPSA) is 355 Å². The highest BCUT2D eigenvalue weighted by atomic mass is 79.9. The van der Waals surface area contributed by atoms with Crippen LogP contribution in [-0.2, 0) is 12.8 Å². The number of nitrogens with one attached hydrogen (secondary N) is 9. The molecule has 0 saturated carbocycles. The van der Waals surface area contributed by atoms with Gasteiger partial charge in [0.25, 0.3) is 17.7 Å². The lowest BCUT2D eigenvalue weighted by molar-refractivity contribution is 0.0955.